The topological polar surface area (TPSA) is 61.4 Å². The van der Waals surface area contributed by atoms with E-state index in [0.29, 0.717) is 13.0 Å². The van der Waals surface area contributed by atoms with Crippen molar-refractivity contribution in [3.8, 4) is 11.1 Å². The Kier molecular flexibility index (Phi) is 6.66. The maximum atomic E-state index is 13.6. The number of anilines is 1. The third-order valence-electron chi connectivity index (χ3n) is 6.07. The minimum absolute atomic E-state index is 0.0725. The maximum Gasteiger partial charge on any atom is 0.249 e. The molecule has 0 fully saturated rings. The van der Waals surface area contributed by atoms with Crippen LogP contribution in [0.5, 0.6) is 0 Å². The molecule has 32 heavy (non-hydrogen) atoms. The highest BCUT2D eigenvalue weighted by Gasteiger charge is 2.32. The van der Waals surface area contributed by atoms with Crippen molar-refractivity contribution in [1.29, 1.82) is 0 Å². The number of likely N-dealkylation sites (N-methyl/N-ethyl adjacent to an activating group) is 1. The van der Waals surface area contributed by atoms with E-state index in [0.717, 1.165) is 34.4 Å². The molecular formula is C27H29N3O2. The van der Waals surface area contributed by atoms with Gasteiger partial charge in [-0.25, -0.2) is 0 Å². The van der Waals surface area contributed by atoms with Crippen molar-refractivity contribution < 1.29 is 9.59 Å². The Balaban J connectivity index is 1.64. The first-order valence-corrected chi connectivity index (χ1v) is 11.1. The number of nitrogens with one attached hydrogen (secondary N) is 2. The van der Waals surface area contributed by atoms with Crippen molar-refractivity contribution >= 4 is 17.5 Å². The van der Waals surface area contributed by atoms with E-state index in [9.17, 15) is 9.59 Å². The number of aryl methyl sites for hydroxylation is 1. The van der Waals surface area contributed by atoms with Crippen molar-refractivity contribution in [2.24, 2.45) is 0 Å². The number of carbonyl (C=O) groups excluding carboxylic acids is 2. The summed E-state index contributed by atoms with van der Waals surface area (Å²) in [6, 6.07) is 25.6. The average molecular weight is 428 g/mol. The second-order valence-electron chi connectivity index (χ2n) is 8.23. The Labute approximate surface area is 189 Å². The summed E-state index contributed by atoms with van der Waals surface area (Å²) >= 11 is 0. The summed E-state index contributed by atoms with van der Waals surface area (Å²) in [7, 11) is 1.74. The summed E-state index contributed by atoms with van der Waals surface area (Å²) in [6.45, 7) is 2.24. The molecular weight excluding hydrogens is 398 g/mol. The van der Waals surface area contributed by atoms with Crippen LogP contribution in [0.1, 0.15) is 24.5 Å². The fourth-order valence-electron chi connectivity index (χ4n) is 4.10. The van der Waals surface area contributed by atoms with Crippen LogP contribution in [0.15, 0.2) is 78.9 Å². The van der Waals surface area contributed by atoms with Crippen LogP contribution in [0, 0.1) is 0 Å². The van der Waals surface area contributed by atoms with Gasteiger partial charge in [0.25, 0.3) is 0 Å². The lowest BCUT2D eigenvalue weighted by Gasteiger charge is -2.27. The SMILES string of the molecule is CN[C@@H](C)C(=O)NC1CCc2ccccc2N(Cc2cccc(-c3ccccc3)c2)C1=O. The number of hydrogen-bond donors (Lipinski definition) is 2. The van der Waals surface area contributed by atoms with Crippen molar-refractivity contribution in [3.05, 3.63) is 90.0 Å². The van der Waals surface area contributed by atoms with Gasteiger partial charge in [0.15, 0.2) is 0 Å². The number of benzene rings is 3. The summed E-state index contributed by atoms with van der Waals surface area (Å²) in [5.41, 5.74) is 5.35. The fraction of sp³-hybridized carbons (Fsp3) is 0.259. The van der Waals surface area contributed by atoms with E-state index < -0.39 is 6.04 Å². The predicted molar refractivity (Wildman–Crippen MR) is 128 cm³/mol. The molecule has 0 radical (unpaired) electrons. The Hall–Kier alpha value is -3.44. The monoisotopic (exact) mass is 427 g/mol. The molecule has 3 aromatic rings. The van der Waals surface area contributed by atoms with Crippen molar-refractivity contribution in [1.82, 2.24) is 10.6 Å². The lowest BCUT2D eigenvalue weighted by Crippen LogP contribution is -2.52. The normalized spacial score (nSPS) is 16.8. The third kappa shape index (κ3) is 4.73. The summed E-state index contributed by atoms with van der Waals surface area (Å²) in [5, 5.41) is 5.89. The zero-order valence-electron chi connectivity index (χ0n) is 18.5. The predicted octanol–water partition coefficient (Wildman–Crippen LogP) is 3.93. The molecule has 0 bridgehead atoms. The van der Waals surface area contributed by atoms with E-state index in [-0.39, 0.29) is 17.9 Å². The molecule has 2 atom stereocenters. The lowest BCUT2D eigenvalue weighted by molar-refractivity contribution is -0.128. The van der Waals surface area contributed by atoms with Gasteiger partial charge in [-0.3, -0.25) is 9.59 Å². The van der Waals surface area contributed by atoms with Crippen molar-refractivity contribution in [2.75, 3.05) is 11.9 Å². The molecule has 0 saturated carbocycles. The summed E-state index contributed by atoms with van der Waals surface area (Å²) in [6.07, 6.45) is 1.32. The molecule has 1 unspecified atom stereocenters. The Bertz CT molecular complexity index is 1100. The average Bonchev–Trinajstić information content (AvgIpc) is 2.96. The van der Waals surface area contributed by atoms with E-state index in [1.807, 2.05) is 53.4 Å². The highest BCUT2D eigenvalue weighted by Crippen LogP contribution is 2.29. The number of nitrogens with zero attached hydrogens (tertiary/aromatic N) is 1. The van der Waals surface area contributed by atoms with Crippen LogP contribution in [-0.4, -0.2) is 30.9 Å². The van der Waals surface area contributed by atoms with Gasteiger partial charge in [-0.1, -0.05) is 66.7 Å². The van der Waals surface area contributed by atoms with E-state index >= 15 is 0 Å². The first-order chi connectivity index (χ1) is 15.6. The highest BCUT2D eigenvalue weighted by molar-refractivity contribution is 6.00. The second kappa shape index (κ2) is 9.79. The van der Waals surface area contributed by atoms with Crippen molar-refractivity contribution in [3.63, 3.8) is 0 Å². The largest absolute Gasteiger partial charge is 0.343 e. The summed E-state index contributed by atoms with van der Waals surface area (Å²) in [5.74, 6) is -0.237. The summed E-state index contributed by atoms with van der Waals surface area (Å²) < 4.78 is 0. The minimum atomic E-state index is -0.553. The quantitative estimate of drug-likeness (QED) is 0.627. The molecule has 1 aliphatic rings. The third-order valence-corrected chi connectivity index (χ3v) is 6.07. The Morgan fingerprint density at radius 3 is 2.50 bits per heavy atom. The highest BCUT2D eigenvalue weighted by atomic mass is 16.2. The molecule has 0 spiro atoms. The molecule has 5 nitrogen and oxygen atoms in total. The number of carbonyl (C=O) groups is 2. The molecule has 1 aliphatic heterocycles. The molecule has 2 N–H and O–H groups in total. The smallest absolute Gasteiger partial charge is 0.249 e. The van der Waals surface area contributed by atoms with Crippen LogP contribution in [0.4, 0.5) is 5.69 Å². The van der Waals surface area contributed by atoms with Gasteiger partial charge in [0.2, 0.25) is 11.8 Å². The number of rotatable bonds is 6. The molecule has 5 heteroatoms. The first-order valence-electron chi connectivity index (χ1n) is 11.1. The standard InChI is InChI=1S/C27H29N3O2/c1-19(28-2)26(31)29-24-16-15-22-12-6-7-14-25(22)30(27(24)32)18-20-9-8-13-23(17-20)21-10-4-3-5-11-21/h3-14,17,19,24,28H,15-16,18H2,1-2H3,(H,29,31)/t19-,24?/m0/s1. The zero-order valence-corrected chi connectivity index (χ0v) is 18.5. The zero-order chi connectivity index (χ0) is 22.5. The van der Waals surface area contributed by atoms with E-state index in [1.165, 1.54) is 0 Å². The van der Waals surface area contributed by atoms with Crippen LogP contribution in [0.2, 0.25) is 0 Å². The van der Waals surface area contributed by atoms with E-state index in [4.69, 9.17) is 0 Å². The molecule has 0 aliphatic carbocycles. The molecule has 2 amide bonds. The second-order valence-corrected chi connectivity index (χ2v) is 8.23. The van der Waals surface area contributed by atoms with Crippen LogP contribution < -0.4 is 15.5 Å². The summed E-state index contributed by atoms with van der Waals surface area (Å²) in [4.78, 5) is 27.9. The van der Waals surface area contributed by atoms with Gasteiger partial charge in [0.1, 0.15) is 6.04 Å². The van der Waals surface area contributed by atoms with Crippen LogP contribution in [0.25, 0.3) is 11.1 Å². The van der Waals surface area contributed by atoms with Gasteiger partial charge in [0, 0.05) is 5.69 Å². The number of para-hydroxylation sites is 1. The van der Waals surface area contributed by atoms with Gasteiger partial charge in [-0.15, -0.1) is 0 Å². The number of hydrogen-bond acceptors (Lipinski definition) is 3. The minimum Gasteiger partial charge on any atom is -0.343 e. The van der Waals surface area contributed by atoms with Gasteiger partial charge in [-0.2, -0.15) is 0 Å². The molecule has 0 aromatic heterocycles. The van der Waals surface area contributed by atoms with Gasteiger partial charge < -0.3 is 15.5 Å². The van der Waals surface area contributed by atoms with Gasteiger partial charge in [0.05, 0.1) is 12.6 Å². The first kappa shape index (κ1) is 21.8. The van der Waals surface area contributed by atoms with Crippen LogP contribution >= 0.6 is 0 Å². The van der Waals surface area contributed by atoms with E-state index in [2.05, 4.69) is 41.0 Å². The Morgan fingerprint density at radius 1 is 1.00 bits per heavy atom. The molecule has 3 aromatic carbocycles. The molecule has 0 saturated heterocycles. The van der Waals surface area contributed by atoms with Gasteiger partial charge in [-0.05, 0) is 61.2 Å². The number of amides is 2. The van der Waals surface area contributed by atoms with Crippen molar-refractivity contribution in [2.45, 2.75) is 38.4 Å². The molecule has 1 heterocycles. The van der Waals surface area contributed by atoms with Crippen LogP contribution in [0.3, 0.4) is 0 Å². The number of fused-ring (bicyclic) bond motifs is 1. The molecule has 164 valence electrons. The maximum absolute atomic E-state index is 13.6. The van der Waals surface area contributed by atoms with Gasteiger partial charge >= 0.3 is 0 Å². The van der Waals surface area contributed by atoms with Crippen LogP contribution in [-0.2, 0) is 22.6 Å². The lowest BCUT2D eigenvalue weighted by atomic mass is 10.0. The Morgan fingerprint density at radius 2 is 1.72 bits per heavy atom. The van der Waals surface area contributed by atoms with E-state index in [1.54, 1.807) is 14.0 Å². The molecule has 4 rings (SSSR count). The fourth-order valence-corrected chi connectivity index (χ4v) is 4.10.